The highest BCUT2D eigenvalue weighted by Crippen LogP contribution is 2.14. The summed E-state index contributed by atoms with van der Waals surface area (Å²) in [6.45, 7) is 3.47. The second-order valence-corrected chi connectivity index (χ2v) is 5.08. The number of anilines is 1. The highest BCUT2D eigenvalue weighted by atomic mass is 79.9. The largest absolute Gasteiger partial charge is 0.480 e. The minimum Gasteiger partial charge on any atom is -0.480 e. The molecule has 1 aromatic carbocycles. The molecule has 1 aromatic rings. The summed E-state index contributed by atoms with van der Waals surface area (Å²) in [6.07, 6.45) is 0. The van der Waals surface area contributed by atoms with Crippen LogP contribution in [0, 0.1) is 5.92 Å². The molecule has 0 aliphatic rings. The molecule has 1 rings (SSSR count). The molecule has 5 nitrogen and oxygen atoms in total. The molecule has 1 atom stereocenters. The molecular formula is C12H15BrN2O3. The first-order valence-electron chi connectivity index (χ1n) is 5.46. The highest BCUT2D eigenvalue weighted by molar-refractivity contribution is 9.10. The molecule has 0 fully saturated rings. The zero-order chi connectivity index (χ0) is 13.7. The number of urea groups is 1. The number of hydrogen-bond acceptors (Lipinski definition) is 2. The van der Waals surface area contributed by atoms with Gasteiger partial charge in [-0.2, -0.15) is 0 Å². The van der Waals surface area contributed by atoms with Crippen LogP contribution in [0.3, 0.4) is 0 Å². The Kier molecular flexibility index (Phi) is 5.15. The number of benzene rings is 1. The van der Waals surface area contributed by atoms with E-state index in [9.17, 15) is 9.59 Å². The van der Waals surface area contributed by atoms with Gasteiger partial charge < -0.3 is 15.7 Å². The molecule has 18 heavy (non-hydrogen) atoms. The van der Waals surface area contributed by atoms with Gasteiger partial charge in [0.1, 0.15) is 6.04 Å². The van der Waals surface area contributed by atoms with E-state index in [1.54, 1.807) is 38.1 Å². The number of aliphatic carboxylic acids is 1. The van der Waals surface area contributed by atoms with Crippen molar-refractivity contribution in [1.29, 1.82) is 0 Å². The zero-order valence-electron chi connectivity index (χ0n) is 10.1. The van der Waals surface area contributed by atoms with Crippen LogP contribution in [0.25, 0.3) is 0 Å². The Balaban J connectivity index is 2.60. The Morgan fingerprint density at radius 3 is 2.22 bits per heavy atom. The first-order chi connectivity index (χ1) is 8.40. The minimum absolute atomic E-state index is 0.182. The van der Waals surface area contributed by atoms with E-state index >= 15 is 0 Å². The van der Waals surface area contributed by atoms with E-state index in [1.165, 1.54) is 0 Å². The Bertz CT molecular complexity index is 431. The van der Waals surface area contributed by atoms with E-state index < -0.39 is 18.0 Å². The number of carbonyl (C=O) groups excluding carboxylic acids is 1. The smallest absolute Gasteiger partial charge is 0.326 e. The summed E-state index contributed by atoms with van der Waals surface area (Å²) in [4.78, 5) is 22.5. The molecule has 0 heterocycles. The Morgan fingerprint density at radius 2 is 1.78 bits per heavy atom. The van der Waals surface area contributed by atoms with Crippen molar-refractivity contribution in [3.8, 4) is 0 Å². The molecule has 6 heteroatoms. The molecule has 0 aliphatic heterocycles. The van der Waals surface area contributed by atoms with Crippen molar-refractivity contribution < 1.29 is 14.7 Å². The molecule has 2 amide bonds. The normalized spacial score (nSPS) is 12.0. The van der Waals surface area contributed by atoms with Crippen LogP contribution in [0.15, 0.2) is 28.7 Å². The van der Waals surface area contributed by atoms with Gasteiger partial charge in [-0.05, 0) is 30.2 Å². The van der Waals surface area contributed by atoms with Crippen molar-refractivity contribution in [3.05, 3.63) is 28.7 Å². The standard InChI is InChI=1S/C12H15BrN2O3/c1-7(2)10(11(16)17)15-12(18)14-9-5-3-8(13)4-6-9/h3-7,10H,1-2H3,(H,16,17)(H2,14,15,18). The topological polar surface area (TPSA) is 78.4 Å². The lowest BCUT2D eigenvalue weighted by atomic mass is 10.1. The zero-order valence-corrected chi connectivity index (χ0v) is 11.7. The molecule has 0 aromatic heterocycles. The van der Waals surface area contributed by atoms with Gasteiger partial charge in [0, 0.05) is 10.2 Å². The number of amides is 2. The fraction of sp³-hybridized carbons (Fsp3) is 0.333. The molecule has 98 valence electrons. The van der Waals surface area contributed by atoms with Crippen molar-refractivity contribution >= 4 is 33.6 Å². The van der Waals surface area contributed by atoms with Crippen LogP contribution >= 0.6 is 15.9 Å². The number of nitrogens with one attached hydrogen (secondary N) is 2. The molecule has 0 spiro atoms. The van der Waals surface area contributed by atoms with Crippen molar-refractivity contribution in [1.82, 2.24) is 5.32 Å². The summed E-state index contributed by atoms with van der Waals surface area (Å²) in [6, 6.07) is 5.57. The van der Waals surface area contributed by atoms with Gasteiger partial charge in [-0.1, -0.05) is 29.8 Å². The SMILES string of the molecule is CC(C)C(NC(=O)Nc1ccc(Br)cc1)C(=O)O. The summed E-state index contributed by atoms with van der Waals surface area (Å²) < 4.78 is 0.902. The summed E-state index contributed by atoms with van der Waals surface area (Å²) in [7, 11) is 0. The number of rotatable bonds is 4. The first-order valence-corrected chi connectivity index (χ1v) is 6.25. The maximum absolute atomic E-state index is 11.6. The minimum atomic E-state index is -1.05. The van der Waals surface area contributed by atoms with E-state index in [0.29, 0.717) is 5.69 Å². The lowest BCUT2D eigenvalue weighted by Gasteiger charge is -2.18. The lowest BCUT2D eigenvalue weighted by molar-refractivity contribution is -0.140. The fourth-order valence-corrected chi connectivity index (χ4v) is 1.62. The van der Waals surface area contributed by atoms with Crippen molar-refractivity contribution in [3.63, 3.8) is 0 Å². The van der Waals surface area contributed by atoms with Crippen LogP contribution in [0.5, 0.6) is 0 Å². The van der Waals surface area contributed by atoms with Crippen LogP contribution in [-0.2, 0) is 4.79 Å². The van der Waals surface area contributed by atoms with Crippen LogP contribution in [-0.4, -0.2) is 23.1 Å². The predicted molar refractivity (Wildman–Crippen MR) is 72.6 cm³/mol. The van der Waals surface area contributed by atoms with Gasteiger partial charge in [0.25, 0.3) is 0 Å². The Labute approximate surface area is 114 Å². The summed E-state index contributed by atoms with van der Waals surface area (Å²) in [5.74, 6) is -1.23. The molecule has 0 bridgehead atoms. The number of carboxylic acids is 1. The van der Waals surface area contributed by atoms with Crippen LogP contribution in [0.2, 0.25) is 0 Å². The van der Waals surface area contributed by atoms with E-state index in [2.05, 4.69) is 26.6 Å². The van der Waals surface area contributed by atoms with Crippen molar-refractivity contribution in [2.45, 2.75) is 19.9 Å². The third kappa shape index (κ3) is 4.37. The summed E-state index contributed by atoms with van der Waals surface area (Å²) >= 11 is 3.28. The molecular weight excluding hydrogens is 300 g/mol. The number of carbonyl (C=O) groups is 2. The monoisotopic (exact) mass is 314 g/mol. The van der Waals surface area contributed by atoms with Gasteiger partial charge in [0.2, 0.25) is 0 Å². The van der Waals surface area contributed by atoms with Crippen molar-refractivity contribution in [2.24, 2.45) is 5.92 Å². The van der Waals surface area contributed by atoms with Gasteiger partial charge in [0.15, 0.2) is 0 Å². The summed E-state index contributed by atoms with van der Waals surface area (Å²) in [5.41, 5.74) is 0.601. The van der Waals surface area contributed by atoms with Gasteiger partial charge in [-0.3, -0.25) is 0 Å². The molecule has 0 saturated carbocycles. The van der Waals surface area contributed by atoms with E-state index in [-0.39, 0.29) is 5.92 Å². The highest BCUT2D eigenvalue weighted by Gasteiger charge is 2.23. The van der Waals surface area contributed by atoms with Crippen LogP contribution in [0.4, 0.5) is 10.5 Å². The van der Waals surface area contributed by atoms with Crippen LogP contribution in [0.1, 0.15) is 13.8 Å². The van der Waals surface area contributed by atoms with Gasteiger partial charge in [-0.15, -0.1) is 0 Å². The summed E-state index contributed by atoms with van der Waals surface area (Å²) in [5, 5.41) is 13.9. The molecule has 0 aliphatic carbocycles. The van der Waals surface area contributed by atoms with E-state index in [1.807, 2.05) is 0 Å². The second kappa shape index (κ2) is 6.39. The Morgan fingerprint density at radius 1 is 1.22 bits per heavy atom. The second-order valence-electron chi connectivity index (χ2n) is 4.17. The third-order valence-corrected chi connectivity index (χ3v) is 2.85. The third-order valence-electron chi connectivity index (χ3n) is 2.32. The van der Waals surface area contributed by atoms with Gasteiger partial charge in [-0.25, -0.2) is 9.59 Å². The molecule has 0 radical (unpaired) electrons. The predicted octanol–water partition coefficient (Wildman–Crippen LogP) is 2.68. The molecule has 0 saturated heterocycles. The number of carboxylic acid groups (broad SMARTS) is 1. The van der Waals surface area contributed by atoms with E-state index in [4.69, 9.17) is 5.11 Å². The maximum atomic E-state index is 11.6. The average molecular weight is 315 g/mol. The quantitative estimate of drug-likeness (QED) is 0.799. The Hall–Kier alpha value is -1.56. The first kappa shape index (κ1) is 14.5. The van der Waals surface area contributed by atoms with Crippen LogP contribution < -0.4 is 10.6 Å². The average Bonchev–Trinajstić information content (AvgIpc) is 2.28. The lowest BCUT2D eigenvalue weighted by Crippen LogP contribution is -2.46. The fourth-order valence-electron chi connectivity index (χ4n) is 1.36. The number of halogens is 1. The maximum Gasteiger partial charge on any atom is 0.326 e. The van der Waals surface area contributed by atoms with Crippen molar-refractivity contribution in [2.75, 3.05) is 5.32 Å². The van der Waals surface area contributed by atoms with Gasteiger partial charge in [0.05, 0.1) is 0 Å². The molecule has 1 unspecified atom stereocenters. The molecule has 3 N–H and O–H groups in total. The number of hydrogen-bond donors (Lipinski definition) is 3. The van der Waals surface area contributed by atoms with Gasteiger partial charge >= 0.3 is 12.0 Å². The van der Waals surface area contributed by atoms with E-state index in [0.717, 1.165) is 4.47 Å².